The topological polar surface area (TPSA) is 90.3 Å². The summed E-state index contributed by atoms with van der Waals surface area (Å²) < 4.78 is 49.3. The number of allylic oxidation sites excluding steroid dienone is 3. The van der Waals surface area contributed by atoms with Gasteiger partial charge in [0.1, 0.15) is 12.3 Å². The molecule has 8 nitrogen and oxygen atoms in total. The van der Waals surface area contributed by atoms with Gasteiger partial charge in [0.15, 0.2) is 5.82 Å². The highest BCUT2D eigenvalue weighted by Gasteiger charge is 2.28. The van der Waals surface area contributed by atoms with E-state index in [-0.39, 0.29) is 11.3 Å². The zero-order valence-electron chi connectivity index (χ0n) is 19.2. The van der Waals surface area contributed by atoms with Crippen molar-refractivity contribution in [2.45, 2.75) is 33.5 Å². The van der Waals surface area contributed by atoms with Gasteiger partial charge in [-0.3, -0.25) is 4.79 Å². The van der Waals surface area contributed by atoms with Crippen LogP contribution in [-0.4, -0.2) is 54.2 Å². The number of carbonyl (C=O) groups excluding carboxylic acids is 1. The minimum atomic E-state index is -4.51. The highest BCUT2D eigenvalue weighted by atomic mass is 19.4. The molecule has 0 spiro atoms. The molecule has 2 N–H and O–H groups in total. The lowest BCUT2D eigenvalue weighted by Crippen LogP contribution is -2.33. The summed E-state index contributed by atoms with van der Waals surface area (Å²) in [6, 6.07) is 4.44. The van der Waals surface area contributed by atoms with Crippen molar-refractivity contribution in [2.24, 2.45) is 0 Å². The molecule has 1 heterocycles. The van der Waals surface area contributed by atoms with E-state index >= 15 is 0 Å². The Bertz CT molecular complexity index is 1020. The molecule has 0 aliphatic heterocycles. The van der Waals surface area contributed by atoms with Gasteiger partial charge in [0.05, 0.1) is 25.8 Å². The van der Waals surface area contributed by atoms with Gasteiger partial charge in [-0.25, -0.2) is 4.68 Å². The van der Waals surface area contributed by atoms with Crippen LogP contribution in [0.25, 0.3) is 11.4 Å². The smallest absolute Gasteiger partial charge is 0.405 e. The fourth-order valence-electron chi connectivity index (χ4n) is 2.80. The third kappa shape index (κ3) is 7.35. The Morgan fingerprint density at radius 1 is 1.24 bits per heavy atom. The summed E-state index contributed by atoms with van der Waals surface area (Å²) >= 11 is 0. The highest BCUT2D eigenvalue weighted by molar-refractivity contribution is 5.97. The number of aromatic nitrogens is 3. The number of hydrogen-bond donors (Lipinski definition) is 2. The van der Waals surface area contributed by atoms with E-state index < -0.39 is 18.6 Å². The molecule has 2 aromatic rings. The molecule has 11 heteroatoms. The summed E-state index contributed by atoms with van der Waals surface area (Å²) in [6.07, 6.45) is -0.691. The van der Waals surface area contributed by atoms with Crippen LogP contribution in [-0.2, 0) is 11.3 Å². The first-order valence-corrected chi connectivity index (χ1v) is 10.1. The molecular weight excluding hydrogens is 439 g/mol. The number of anilines is 1. The number of nitrogens with zero attached hydrogens (tertiary/aromatic N) is 3. The second-order valence-electron chi connectivity index (χ2n) is 7.23. The molecular formula is C22H28F3N5O3. The second-order valence-corrected chi connectivity index (χ2v) is 7.23. The number of ether oxygens (including phenoxy) is 2. The Hall–Kier alpha value is -3.34. The van der Waals surface area contributed by atoms with Crippen molar-refractivity contribution in [3.63, 3.8) is 0 Å². The van der Waals surface area contributed by atoms with Crippen molar-refractivity contribution in [1.29, 1.82) is 0 Å². The van der Waals surface area contributed by atoms with E-state index in [0.717, 1.165) is 11.3 Å². The normalized spacial score (nSPS) is 11.5. The summed E-state index contributed by atoms with van der Waals surface area (Å²) in [7, 11) is 2.91. The van der Waals surface area contributed by atoms with E-state index in [2.05, 4.69) is 15.4 Å². The molecule has 0 saturated carbocycles. The van der Waals surface area contributed by atoms with E-state index in [1.165, 1.54) is 19.2 Å². The molecule has 0 saturated heterocycles. The summed E-state index contributed by atoms with van der Waals surface area (Å²) in [5.41, 5.74) is 2.42. The predicted molar refractivity (Wildman–Crippen MR) is 119 cm³/mol. The molecule has 0 atom stereocenters. The minimum absolute atomic E-state index is 0.0254. The van der Waals surface area contributed by atoms with E-state index in [0.29, 0.717) is 30.5 Å². The fourth-order valence-corrected chi connectivity index (χ4v) is 2.80. The Balaban J connectivity index is 2.40. The molecule has 0 aliphatic carbocycles. The van der Waals surface area contributed by atoms with Crippen molar-refractivity contribution in [2.75, 3.05) is 32.7 Å². The first-order chi connectivity index (χ1) is 15.6. The van der Waals surface area contributed by atoms with Crippen LogP contribution in [0.4, 0.5) is 19.1 Å². The van der Waals surface area contributed by atoms with E-state index in [1.807, 2.05) is 38.2 Å². The minimum Gasteiger partial charge on any atom is -0.496 e. The van der Waals surface area contributed by atoms with Crippen LogP contribution in [0.15, 0.2) is 41.6 Å². The van der Waals surface area contributed by atoms with Gasteiger partial charge in [0.2, 0.25) is 5.95 Å². The van der Waals surface area contributed by atoms with Gasteiger partial charge in [-0.1, -0.05) is 17.7 Å². The third-order valence-electron chi connectivity index (χ3n) is 4.45. The molecule has 180 valence electrons. The average molecular weight is 467 g/mol. The molecule has 0 aliphatic rings. The number of methoxy groups -OCH3 is 2. The molecule has 0 bridgehead atoms. The number of nitrogens with one attached hydrogen (secondary N) is 2. The SMILES string of the molecule is C/C=C\C(Nc1nc(-c2ccc(C(=O)NCC(F)(F)F)c(OC)c2)nn1CCOC)=C(C)C. The average Bonchev–Trinajstić information content (AvgIpc) is 3.17. The van der Waals surface area contributed by atoms with Crippen LogP contribution < -0.4 is 15.4 Å². The van der Waals surface area contributed by atoms with Gasteiger partial charge >= 0.3 is 6.18 Å². The summed E-state index contributed by atoms with van der Waals surface area (Å²) in [5.74, 6) is 0.0510. The summed E-state index contributed by atoms with van der Waals surface area (Å²) in [5, 5.41) is 9.62. The Kier molecular flexibility index (Phi) is 9.03. The summed E-state index contributed by atoms with van der Waals surface area (Å²) in [6.45, 7) is 5.25. The van der Waals surface area contributed by atoms with Gasteiger partial charge in [-0.15, -0.1) is 5.10 Å². The molecule has 1 aromatic heterocycles. The maximum Gasteiger partial charge on any atom is 0.405 e. The predicted octanol–water partition coefficient (Wildman–Crippen LogP) is 4.17. The molecule has 33 heavy (non-hydrogen) atoms. The van der Waals surface area contributed by atoms with Gasteiger partial charge in [0.25, 0.3) is 5.91 Å². The van der Waals surface area contributed by atoms with E-state index in [9.17, 15) is 18.0 Å². The molecule has 0 radical (unpaired) electrons. The molecule has 1 aromatic carbocycles. The van der Waals surface area contributed by atoms with Crippen LogP contribution in [0.2, 0.25) is 0 Å². The lowest BCUT2D eigenvalue weighted by atomic mass is 10.1. The number of amides is 1. The molecule has 1 amide bonds. The van der Waals surface area contributed by atoms with Crippen LogP contribution in [0, 0.1) is 0 Å². The van der Waals surface area contributed by atoms with Crippen LogP contribution in [0.3, 0.4) is 0 Å². The second kappa shape index (κ2) is 11.5. The van der Waals surface area contributed by atoms with Gasteiger partial charge in [-0.05, 0) is 39.0 Å². The number of hydrogen-bond acceptors (Lipinski definition) is 6. The zero-order valence-corrected chi connectivity index (χ0v) is 19.2. The number of carbonyl (C=O) groups is 1. The van der Waals surface area contributed by atoms with Crippen molar-refractivity contribution in [1.82, 2.24) is 20.1 Å². The first-order valence-electron chi connectivity index (χ1n) is 10.1. The standard InChI is InChI=1S/C22H28F3N5O3/c1-6-7-17(14(2)3)27-21-28-19(29-30(21)10-11-32-4)15-8-9-16(18(12-15)33-5)20(31)26-13-22(23,24)25/h6-9,12H,10-11,13H2,1-5H3,(H,26,31)(H,27,28,29)/b7-6-. The number of rotatable bonds is 10. The fraction of sp³-hybridized carbons (Fsp3) is 0.409. The Morgan fingerprint density at radius 3 is 2.55 bits per heavy atom. The van der Waals surface area contributed by atoms with Gasteiger partial charge in [0, 0.05) is 18.4 Å². The molecule has 0 fully saturated rings. The Labute approximate surface area is 190 Å². The zero-order chi connectivity index (χ0) is 24.6. The number of benzene rings is 1. The van der Waals surface area contributed by atoms with Crippen molar-refractivity contribution >= 4 is 11.9 Å². The lowest BCUT2D eigenvalue weighted by molar-refractivity contribution is -0.123. The molecule has 0 unspecified atom stereocenters. The highest BCUT2D eigenvalue weighted by Crippen LogP contribution is 2.27. The third-order valence-corrected chi connectivity index (χ3v) is 4.45. The monoisotopic (exact) mass is 467 g/mol. The van der Waals surface area contributed by atoms with Crippen molar-refractivity contribution < 1.29 is 27.4 Å². The number of alkyl halides is 3. The van der Waals surface area contributed by atoms with Crippen LogP contribution in [0.5, 0.6) is 5.75 Å². The van der Waals surface area contributed by atoms with Crippen molar-refractivity contribution in [3.8, 4) is 17.1 Å². The quantitative estimate of drug-likeness (QED) is 0.510. The van der Waals surface area contributed by atoms with Crippen molar-refractivity contribution in [3.05, 3.63) is 47.2 Å². The summed E-state index contributed by atoms with van der Waals surface area (Å²) in [4.78, 5) is 16.7. The first kappa shape index (κ1) is 25.9. The van der Waals surface area contributed by atoms with Gasteiger partial charge < -0.3 is 20.1 Å². The maximum atomic E-state index is 12.4. The van der Waals surface area contributed by atoms with Crippen LogP contribution >= 0.6 is 0 Å². The Morgan fingerprint density at radius 2 is 1.97 bits per heavy atom. The van der Waals surface area contributed by atoms with Gasteiger partial charge in [-0.2, -0.15) is 18.2 Å². The number of halogens is 3. The van der Waals surface area contributed by atoms with E-state index in [1.54, 1.807) is 17.9 Å². The molecule has 2 rings (SSSR count). The largest absolute Gasteiger partial charge is 0.496 e. The van der Waals surface area contributed by atoms with E-state index in [4.69, 9.17) is 9.47 Å². The maximum absolute atomic E-state index is 12.4. The lowest BCUT2D eigenvalue weighted by Gasteiger charge is -2.11. The van der Waals surface area contributed by atoms with Crippen LogP contribution in [0.1, 0.15) is 31.1 Å².